The summed E-state index contributed by atoms with van der Waals surface area (Å²) in [6.07, 6.45) is 4.03. The average molecular weight is 287 g/mol. The van der Waals surface area contributed by atoms with Gasteiger partial charge in [0.2, 0.25) is 0 Å². The highest BCUT2D eigenvalue weighted by Gasteiger charge is 2.09. The van der Waals surface area contributed by atoms with Crippen LogP contribution in [0.2, 0.25) is 0 Å². The Hall–Kier alpha value is -1.01. The lowest BCUT2D eigenvalue weighted by Crippen LogP contribution is -2.33. The number of nitrogens with zero attached hydrogens (tertiary/aromatic N) is 1. The molecule has 0 bridgehead atoms. The van der Waals surface area contributed by atoms with Gasteiger partial charge in [0.1, 0.15) is 0 Å². The van der Waals surface area contributed by atoms with Crippen LogP contribution in [0.4, 0.5) is 0 Å². The number of methoxy groups -OCH3 is 1. The van der Waals surface area contributed by atoms with E-state index in [2.05, 4.69) is 9.64 Å². The molecule has 0 atom stereocenters. The molecule has 0 N–H and O–H groups in total. The molecule has 0 spiro atoms. The van der Waals surface area contributed by atoms with Gasteiger partial charge >= 0.3 is 11.9 Å². The topological polar surface area (TPSA) is 55.8 Å². The van der Waals surface area contributed by atoms with E-state index in [-0.39, 0.29) is 0 Å². The average Bonchev–Trinajstić information content (AvgIpc) is 2.45. The Labute approximate surface area is 118 Å². The zero-order valence-corrected chi connectivity index (χ0v) is 12.1. The molecule has 0 aromatic carbocycles. The van der Waals surface area contributed by atoms with Crippen molar-refractivity contribution in [1.82, 2.24) is 4.90 Å². The molecule has 108 valence electrons. The monoisotopic (exact) mass is 287 g/mol. The molecule has 0 aromatic heterocycles. The summed E-state index contributed by atoms with van der Waals surface area (Å²) >= 11 is 2.00. The van der Waals surface area contributed by atoms with E-state index >= 15 is 0 Å². The van der Waals surface area contributed by atoms with Gasteiger partial charge in [0, 0.05) is 36.7 Å². The normalized spacial score (nSPS) is 16.5. The van der Waals surface area contributed by atoms with Gasteiger partial charge in [-0.15, -0.1) is 0 Å². The molecule has 1 saturated heterocycles. The lowest BCUT2D eigenvalue weighted by atomic mass is 10.3. The Balaban J connectivity index is 1.99. The first kappa shape index (κ1) is 16.0. The third kappa shape index (κ3) is 7.89. The smallest absolute Gasteiger partial charge is 0.331 e. The van der Waals surface area contributed by atoms with E-state index in [0.717, 1.165) is 44.6 Å². The van der Waals surface area contributed by atoms with Crippen LogP contribution >= 0.6 is 11.8 Å². The molecule has 1 aliphatic rings. The van der Waals surface area contributed by atoms with Crippen LogP contribution in [0.3, 0.4) is 0 Å². The van der Waals surface area contributed by atoms with E-state index in [4.69, 9.17) is 4.74 Å². The van der Waals surface area contributed by atoms with Gasteiger partial charge in [-0.2, -0.15) is 11.8 Å². The zero-order chi connectivity index (χ0) is 13.9. The molecule has 0 aromatic rings. The highest BCUT2D eigenvalue weighted by molar-refractivity contribution is 7.99. The highest BCUT2D eigenvalue weighted by atomic mass is 32.2. The van der Waals surface area contributed by atoms with Crippen LogP contribution in [0.5, 0.6) is 0 Å². The predicted molar refractivity (Wildman–Crippen MR) is 75.1 cm³/mol. The maximum absolute atomic E-state index is 11.2. The van der Waals surface area contributed by atoms with Gasteiger partial charge in [-0.1, -0.05) is 0 Å². The summed E-state index contributed by atoms with van der Waals surface area (Å²) in [5, 5.41) is 0. The summed E-state index contributed by atoms with van der Waals surface area (Å²) in [5.74, 6) is 1.38. The molecule has 0 aliphatic carbocycles. The van der Waals surface area contributed by atoms with Crippen molar-refractivity contribution in [3.8, 4) is 0 Å². The van der Waals surface area contributed by atoms with Gasteiger partial charge in [0.25, 0.3) is 0 Å². The fourth-order valence-corrected chi connectivity index (χ4v) is 2.67. The van der Waals surface area contributed by atoms with E-state index in [1.165, 1.54) is 18.6 Å². The van der Waals surface area contributed by atoms with E-state index in [1.54, 1.807) is 0 Å². The van der Waals surface area contributed by atoms with Crippen LogP contribution in [0, 0.1) is 0 Å². The minimum atomic E-state index is -0.556. The standard InChI is InChI=1S/C13H21NO4S/c1-17-12(15)4-5-13(16)18-9-3-2-6-14-7-10-19-11-8-14/h4-5H,2-3,6-11H2,1H3/b5-4+. The van der Waals surface area contributed by atoms with Crippen LogP contribution in [0.15, 0.2) is 12.2 Å². The summed E-state index contributed by atoms with van der Waals surface area (Å²) in [6.45, 7) is 3.78. The molecule has 1 rings (SSSR count). The number of thioether (sulfide) groups is 1. The molecule has 1 heterocycles. The summed E-state index contributed by atoms with van der Waals surface area (Å²) < 4.78 is 9.34. The Morgan fingerprint density at radius 1 is 1.16 bits per heavy atom. The first-order valence-electron chi connectivity index (χ1n) is 6.45. The number of hydrogen-bond donors (Lipinski definition) is 0. The number of carbonyl (C=O) groups excluding carboxylic acids is 2. The third-order valence-electron chi connectivity index (χ3n) is 2.77. The van der Waals surface area contributed by atoms with Gasteiger partial charge in [-0.05, 0) is 19.4 Å². The maximum atomic E-state index is 11.2. The fourth-order valence-electron chi connectivity index (χ4n) is 1.69. The Kier molecular flexibility index (Phi) is 8.33. The van der Waals surface area contributed by atoms with Crippen LogP contribution in [0.25, 0.3) is 0 Å². The van der Waals surface area contributed by atoms with Crippen molar-refractivity contribution in [3.63, 3.8) is 0 Å². The van der Waals surface area contributed by atoms with Crippen molar-refractivity contribution < 1.29 is 19.1 Å². The van der Waals surface area contributed by atoms with E-state index < -0.39 is 11.9 Å². The van der Waals surface area contributed by atoms with Crippen LogP contribution < -0.4 is 0 Å². The number of esters is 2. The van der Waals surface area contributed by atoms with Crippen molar-refractivity contribution in [2.75, 3.05) is 44.9 Å². The number of carbonyl (C=O) groups is 2. The van der Waals surface area contributed by atoms with Gasteiger partial charge < -0.3 is 14.4 Å². The molecule has 5 nitrogen and oxygen atoms in total. The fraction of sp³-hybridized carbons (Fsp3) is 0.692. The van der Waals surface area contributed by atoms with Crippen molar-refractivity contribution in [3.05, 3.63) is 12.2 Å². The summed E-state index contributed by atoms with van der Waals surface area (Å²) in [5.41, 5.74) is 0. The minimum absolute atomic E-state index is 0.396. The van der Waals surface area contributed by atoms with Gasteiger partial charge in [0.15, 0.2) is 0 Å². The maximum Gasteiger partial charge on any atom is 0.331 e. The van der Waals surface area contributed by atoms with Crippen molar-refractivity contribution in [2.45, 2.75) is 12.8 Å². The second-order valence-electron chi connectivity index (χ2n) is 4.19. The molecule has 19 heavy (non-hydrogen) atoms. The summed E-state index contributed by atoms with van der Waals surface area (Å²) in [7, 11) is 1.26. The molecular formula is C13H21NO4S. The van der Waals surface area contributed by atoms with Gasteiger partial charge in [-0.25, -0.2) is 9.59 Å². The number of rotatable bonds is 7. The quantitative estimate of drug-likeness (QED) is 0.397. The van der Waals surface area contributed by atoms with Crippen molar-refractivity contribution in [2.24, 2.45) is 0 Å². The van der Waals surface area contributed by atoms with E-state index in [1.807, 2.05) is 11.8 Å². The van der Waals surface area contributed by atoms with Crippen LogP contribution in [0.1, 0.15) is 12.8 Å². The SMILES string of the molecule is COC(=O)/C=C/C(=O)OCCCCN1CCSCC1. The first-order chi connectivity index (χ1) is 9.22. The van der Waals surface area contributed by atoms with Gasteiger partial charge in [-0.3, -0.25) is 0 Å². The van der Waals surface area contributed by atoms with Crippen molar-refractivity contribution in [1.29, 1.82) is 0 Å². The van der Waals surface area contributed by atoms with Crippen LogP contribution in [-0.2, 0) is 19.1 Å². The van der Waals surface area contributed by atoms with Gasteiger partial charge in [0.05, 0.1) is 13.7 Å². The first-order valence-corrected chi connectivity index (χ1v) is 7.60. The molecule has 0 unspecified atom stereocenters. The van der Waals surface area contributed by atoms with Crippen LogP contribution in [-0.4, -0.2) is 61.7 Å². The van der Waals surface area contributed by atoms with E-state index in [0.29, 0.717) is 6.61 Å². The van der Waals surface area contributed by atoms with Crippen molar-refractivity contribution >= 4 is 23.7 Å². The summed E-state index contributed by atoms with van der Waals surface area (Å²) in [4.78, 5) is 24.4. The van der Waals surface area contributed by atoms with E-state index in [9.17, 15) is 9.59 Å². The minimum Gasteiger partial charge on any atom is -0.466 e. The molecule has 0 amide bonds. The lowest BCUT2D eigenvalue weighted by molar-refractivity contribution is -0.139. The number of ether oxygens (including phenoxy) is 2. The molecule has 0 saturated carbocycles. The highest BCUT2D eigenvalue weighted by Crippen LogP contribution is 2.09. The lowest BCUT2D eigenvalue weighted by Gasteiger charge is -2.25. The second-order valence-corrected chi connectivity index (χ2v) is 5.41. The molecule has 0 radical (unpaired) electrons. The summed E-state index contributed by atoms with van der Waals surface area (Å²) in [6, 6.07) is 0. The third-order valence-corrected chi connectivity index (χ3v) is 3.72. The number of unbranched alkanes of at least 4 members (excludes halogenated alkanes) is 1. The molecule has 1 fully saturated rings. The molecule has 6 heteroatoms. The predicted octanol–water partition coefficient (Wildman–Crippen LogP) is 1.09. The Morgan fingerprint density at radius 3 is 2.53 bits per heavy atom. The molecule has 1 aliphatic heterocycles. The Morgan fingerprint density at radius 2 is 1.84 bits per heavy atom. The second kappa shape index (κ2) is 9.86. The zero-order valence-electron chi connectivity index (χ0n) is 11.3. The number of hydrogen-bond acceptors (Lipinski definition) is 6. The Bertz CT molecular complexity index is 314. The molecular weight excluding hydrogens is 266 g/mol. The largest absolute Gasteiger partial charge is 0.466 e.